The average Bonchev–Trinajstić information content (AvgIpc) is 2.86. The molecule has 6 unspecified atom stereocenters. The van der Waals surface area contributed by atoms with Gasteiger partial charge in [-0.15, -0.1) is 0 Å². The van der Waals surface area contributed by atoms with Gasteiger partial charge in [0.15, 0.2) is 0 Å². The van der Waals surface area contributed by atoms with E-state index in [2.05, 4.69) is 42.5 Å². The quantitative estimate of drug-likeness (QED) is 0.866. The number of carbonyl (C=O) groups is 1. The predicted octanol–water partition coefficient (Wildman–Crippen LogP) is 2.71. The normalized spacial score (nSPS) is 35.2. The van der Waals surface area contributed by atoms with E-state index in [9.17, 15) is 4.79 Å². The van der Waals surface area contributed by atoms with Gasteiger partial charge in [-0.05, 0) is 38.3 Å². The highest BCUT2D eigenvalue weighted by Gasteiger charge is 2.51. The van der Waals surface area contributed by atoms with E-state index in [1.807, 2.05) is 19.9 Å². The molecule has 0 aromatic carbocycles. The lowest BCUT2D eigenvalue weighted by atomic mass is 9.62. The Bertz CT molecular complexity index is 710. The second-order valence-corrected chi connectivity index (χ2v) is 8.29. The number of nitrogens with one attached hydrogen (secondary N) is 2. The SMILES string of the molecule is CC1OC(C)C(C(=O)NC2CC(Nc3ccc(C#N)cn3)C2(C)C)C1C. The van der Waals surface area contributed by atoms with Crippen LogP contribution >= 0.6 is 0 Å². The lowest BCUT2D eigenvalue weighted by molar-refractivity contribution is -0.130. The lowest BCUT2D eigenvalue weighted by Gasteiger charge is -2.52. The Labute approximate surface area is 155 Å². The van der Waals surface area contributed by atoms with E-state index in [1.54, 1.807) is 12.3 Å². The molecule has 1 aromatic heterocycles. The maximum absolute atomic E-state index is 12.8. The lowest BCUT2D eigenvalue weighted by Crippen LogP contribution is -2.64. The van der Waals surface area contributed by atoms with Crippen LogP contribution in [-0.4, -0.2) is 35.2 Å². The number of pyridine rings is 1. The van der Waals surface area contributed by atoms with Crippen molar-refractivity contribution in [3.63, 3.8) is 0 Å². The van der Waals surface area contributed by atoms with Crippen molar-refractivity contribution in [2.45, 2.75) is 65.3 Å². The number of carbonyl (C=O) groups excluding carboxylic acids is 1. The third-order valence-corrected chi connectivity index (χ3v) is 6.34. The number of anilines is 1. The number of nitrogens with zero attached hydrogens (tertiary/aromatic N) is 2. The van der Waals surface area contributed by atoms with Crippen LogP contribution in [0.2, 0.25) is 0 Å². The van der Waals surface area contributed by atoms with Gasteiger partial charge in [-0.2, -0.15) is 5.26 Å². The highest BCUT2D eigenvalue weighted by Crippen LogP contribution is 2.43. The summed E-state index contributed by atoms with van der Waals surface area (Å²) in [5.74, 6) is 0.993. The van der Waals surface area contributed by atoms with Crippen LogP contribution in [0.5, 0.6) is 0 Å². The molecule has 2 N–H and O–H groups in total. The van der Waals surface area contributed by atoms with Crippen LogP contribution in [0.25, 0.3) is 0 Å². The van der Waals surface area contributed by atoms with Gasteiger partial charge >= 0.3 is 0 Å². The van der Waals surface area contributed by atoms with Crippen molar-refractivity contribution in [2.75, 3.05) is 5.32 Å². The molecule has 0 radical (unpaired) electrons. The van der Waals surface area contributed by atoms with Gasteiger partial charge in [-0.1, -0.05) is 20.8 Å². The Morgan fingerprint density at radius 2 is 2.00 bits per heavy atom. The van der Waals surface area contributed by atoms with Crippen LogP contribution in [0.4, 0.5) is 5.82 Å². The number of rotatable bonds is 4. The summed E-state index contributed by atoms with van der Waals surface area (Å²) in [7, 11) is 0. The standard InChI is InChI=1S/C20H28N4O2/c1-11-12(2)26-13(3)18(11)19(25)24-16-8-15(20(16,4)5)23-17-7-6-14(9-21)10-22-17/h6-7,10-13,15-16,18H,8H2,1-5H3,(H,22,23)(H,24,25). The molecule has 1 amide bonds. The van der Waals surface area contributed by atoms with Crippen LogP contribution in [0.15, 0.2) is 18.3 Å². The highest BCUT2D eigenvalue weighted by molar-refractivity contribution is 5.80. The Morgan fingerprint density at radius 1 is 1.27 bits per heavy atom. The fourth-order valence-electron chi connectivity index (χ4n) is 4.13. The summed E-state index contributed by atoms with van der Waals surface area (Å²) in [4.78, 5) is 17.1. The number of hydrogen-bond acceptors (Lipinski definition) is 5. The molecule has 6 heteroatoms. The Hall–Kier alpha value is -2.13. The summed E-state index contributed by atoms with van der Waals surface area (Å²) < 4.78 is 5.81. The molecule has 2 fully saturated rings. The zero-order valence-corrected chi connectivity index (χ0v) is 16.1. The zero-order chi connectivity index (χ0) is 19.1. The Balaban J connectivity index is 1.58. The van der Waals surface area contributed by atoms with Crippen molar-refractivity contribution < 1.29 is 9.53 Å². The molecule has 2 heterocycles. The maximum Gasteiger partial charge on any atom is 0.226 e. The number of amides is 1. The van der Waals surface area contributed by atoms with Gasteiger partial charge in [0.2, 0.25) is 5.91 Å². The van der Waals surface area contributed by atoms with Crippen molar-refractivity contribution in [3.05, 3.63) is 23.9 Å². The van der Waals surface area contributed by atoms with Crippen molar-refractivity contribution in [1.82, 2.24) is 10.3 Å². The molecule has 6 nitrogen and oxygen atoms in total. The molecule has 1 saturated heterocycles. The second-order valence-electron chi connectivity index (χ2n) is 8.29. The molecule has 3 rings (SSSR count). The fourth-order valence-corrected chi connectivity index (χ4v) is 4.13. The first kappa shape index (κ1) is 18.7. The van der Waals surface area contributed by atoms with Gasteiger partial charge in [-0.25, -0.2) is 4.98 Å². The van der Waals surface area contributed by atoms with Gasteiger partial charge in [0, 0.05) is 23.7 Å². The smallest absolute Gasteiger partial charge is 0.226 e. The average molecular weight is 356 g/mol. The molecule has 1 aliphatic carbocycles. The van der Waals surface area contributed by atoms with Crippen molar-refractivity contribution in [3.8, 4) is 6.07 Å². The molecule has 6 atom stereocenters. The first-order valence-electron chi connectivity index (χ1n) is 9.32. The predicted molar refractivity (Wildman–Crippen MR) is 99.4 cm³/mol. The molecule has 1 aromatic rings. The van der Waals surface area contributed by atoms with Gasteiger partial charge in [-0.3, -0.25) is 4.79 Å². The summed E-state index contributed by atoms with van der Waals surface area (Å²) in [5.41, 5.74) is 0.466. The topological polar surface area (TPSA) is 87.0 Å². The van der Waals surface area contributed by atoms with E-state index >= 15 is 0 Å². The molecule has 0 spiro atoms. The van der Waals surface area contributed by atoms with Crippen LogP contribution < -0.4 is 10.6 Å². The first-order valence-corrected chi connectivity index (χ1v) is 9.32. The monoisotopic (exact) mass is 356 g/mol. The Kier molecular flexibility index (Phi) is 4.94. The number of nitriles is 1. The molecule has 26 heavy (non-hydrogen) atoms. The molecular formula is C20H28N4O2. The summed E-state index contributed by atoms with van der Waals surface area (Å²) >= 11 is 0. The molecule has 140 valence electrons. The van der Waals surface area contributed by atoms with E-state index in [0.29, 0.717) is 5.56 Å². The first-order chi connectivity index (χ1) is 12.2. The van der Waals surface area contributed by atoms with Crippen molar-refractivity contribution in [1.29, 1.82) is 5.26 Å². The van der Waals surface area contributed by atoms with E-state index < -0.39 is 0 Å². The van der Waals surface area contributed by atoms with E-state index in [0.717, 1.165) is 12.2 Å². The third kappa shape index (κ3) is 3.28. The summed E-state index contributed by atoms with van der Waals surface area (Å²) in [5, 5.41) is 15.5. The second kappa shape index (κ2) is 6.88. The van der Waals surface area contributed by atoms with E-state index in [1.165, 1.54) is 0 Å². The fraction of sp³-hybridized carbons (Fsp3) is 0.650. The van der Waals surface area contributed by atoms with Crippen molar-refractivity contribution in [2.24, 2.45) is 17.3 Å². The maximum atomic E-state index is 12.8. The number of hydrogen-bond donors (Lipinski definition) is 2. The minimum Gasteiger partial charge on any atom is -0.374 e. The van der Waals surface area contributed by atoms with Gasteiger partial charge < -0.3 is 15.4 Å². The molecule has 0 bridgehead atoms. The van der Waals surface area contributed by atoms with Crippen LogP contribution in [0, 0.1) is 28.6 Å². The molecular weight excluding hydrogens is 328 g/mol. The van der Waals surface area contributed by atoms with Gasteiger partial charge in [0.1, 0.15) is 11.9 Å². The largest absolute Gasteiger partial charge is 0.374 e. The molecule has 1 aliphatic heterocycles. The summed E-state index contributed by atoms with van der Waals surface area (Å²) in [6, 6.07) is 5.99. The van der Waals surface area contributed by atoms with E-state index in [-0.39, 0.29) is 47.4 Å². The van der Waals surface area contributed by atoms with Crippen molar-refractivity contribution >= 4 is 11.7 Å². The minimum atomic E-state index is -0.0898. The number of aromatic nitrogens is 1. The third-order valence-electron chi connectivity index (χ3n) is 6.34. The van der Waals surface area contributed by atoms with Gasteiger partial charge in [0.25, 0.3) is 0 Å². The van der Waals surface area contributed by atoms with Crippen LogP contribution in [-0.2, 0) is 9.53 Å². The summed E-state index contributed by atoms with van der Waals surface area (Å²) in [6.07, 6.45) is 2.50. The molecule has 1 saturated carbocycles. The minimum absolute atomic E-state index is 0.0417. The molecule has 2 aliphatic rings. The van der Waals surface area contributed by atoms with Crippen LogP contribution in [0.1, 0.15) is 46.6 Å². The zero-order valence-electron chi connectivity index (χ0n) is 16.1. The van der Waals surface area contributed by atoms with E-state index in [4.69, 9.17) is 10.00 Å². The summed E-state index contributed by atoms with van der Waals surface area (Å²) in [6.45, 7) is 10.4. The van der Waals surface area contributed by atoms with Crippen LogP contribution in [0.3, 0.4) is 0 Å². The highest BCUT2D eigenvalue weighted by atomic mass is 16.5. The Morgan fingerprint density at radius 3 is 2.50 bits per heavy atom. The number of ether oxygens (including phenoxy) is 1. The van der Waals surface area contributed by atoms with Gasteiger partial charge in [0.05, 0.1) is 23.7 Å².